The molecule has 0 amide bonds. The van der Waals surface area contributed by atoms with Crippen LogP contribution in [0.1, 0.15) is 18.1 Å². The summed E-state index contributed by atoms with van der Waals surface area (Å²) in [6.07, 6.45) is 2.30. The van der Waals surface area contributed by atoms with Gasteiger partial charge in [0.05, 0.1) is 5.69 Å². The van der Waals surface area contributed by atoms with Crippen LogP contribution in [0.2, 0.25) is 0 Å². The zero-order valence-corrected chi connectivity index (χ0v) is 8.30. The molecule has 1 N–H and O–H groups in total. The Hall–Kier alpha value is -1.02. The molecule has 1 aromatic rings. The second kappa shape index (κ2) is 3.38. The SMILES string of the molecule is CCc1ccc2c(c1)CCN2NC. The highest BCUT2D eigenvalue weighted by Gasteiger charge is 2.17. The summed E-state index contributed by atoms with van der Waals surface area (Å²) in [5.74, 6) is 0. The van der Waals surface area contributed by atoms with E-state index >= 15 is 0 Å². The van der Waals surface area contributed by atoms with Crippen molar-refractivity contribution >= 4 is 5.69 Å². The van der Waals surface area contributed by atoms with E-state index in [4.69, 9.17) is 0 Å². The lowest BCUT2D eigenvalue weighted by Gasteiger charge is -2.17. The Morgan fingerprint density at radius 1 is 1.46 bits per heavy atom. The van der Waals surface area contributed by atoms with Crippen molar-refractivity contribution in [3.8, 4) is 0 Å². The molecule has 1 aliphatic rings. The number of rotatable bonds is 2. The standard InChI is InChI=1S/C11H16N2/c1-3-9-4-5-11-10(8-9)6-7-13(11)12-2/h4-5,8,12H,3,6-7H2,1-2H3. The molecule has 0 aromatic heterocycles. The molecule has 2 rings (SSSR count). The zero-order chi connectivity index (χ0) is 9.26. The van der Waals surface area contributed by atoms with Crippen molar-refractivity contribution in [1.29, 1.82) is 0 Å². The minimum Gasteiger partial charge on any atom is -0.308 e. The quantitative estimate of drug-likeness (QED) is 0.738. The van der Waals surface area contributed by atoms with Crippen LogP contribution in [0, 0.1) is 0 Å². The summed E-state index contributed by atoms with van der Waals surface area (Å²) in [6.45, 7) is 3.30. The average molecular weight is 176 g/mol. The van der Waals surface area contributed by atoms with Crippen LogP contribution in [0.25, 0.3) is 0 Å². The topological polar surface area (TPSA) is 15.3 Å². The van der Waals surface area contributed by atoms with E-state index in [0.29, 0.717) is 0 Å². The predicted octanol–water partition coefficient (Wildman–Crippen LogP) is 1.75. The highest BCUT2D eigenvalue weighted by Crippen LogP contribution is 2.27. The molecule has 2 nitrogen and oxygen atoms in total. The number of benzene rings is 1. The van der Waals surface area contributed by atoms with E-state index in [1.165, 1.54) is 23.2 Å². The lowest BCUT2D eigenvalue weighted by Crippen LogP contribution is -2.32. The first-order valence-electron chi connectivity index (χ1n) is 4.92. The number of nitrogens with zero attached hydrogens (tertiary/aromatic N) is 1. The monoisotopic (exact) mass is 176 g/mol. The van der Waals surface area contributed by atoms with Crippen molar-refractivity contribution in [2.24, 2.45) is 0 Å². The molecule has 13 heavy (non-hydrogen) atoms. The molecule has 0 fully saturated rings. The van der Waals surface area contributed by atoms with Gasteiger partial charge < -0.3 is 5.01 Å². The molecule has 2 heteroatoms. The summed E-state index contributed by atoms with van der Waals surface area (Å²) >= 11 is 0. The Morgan fingerprint density at radius 2 is 2.31 bits per heavy atom. The van der Waals surface area contributed by atoms with Gasteiger partial charge in [0.1, 0.15) is 0 Å². The summed E-state index contributed by atoms with van der Waals surface area (Å²) in [7, 11) is 1.98. The second-order valence-electron chi connectivity index (χ2n) is 3.44. The number of fused-ring (bicyclic) bond motifs is 1. The van der Waals surface area contributed by atoms with Crippen LogP contribution >= 0.6 is 0 Å². The Labute approximate surface area is 79.5 Å². The van der Waals surface area contributed by atoms with E-state index < -0.39 is 0 Å². The van der Waals surface area contributed by atoms with Crippen molar-refractivity contribution in [1.82, 2.24) is 5.43 Å². The molecule has 1 aromatic carbocycles. The Morgan fingerprint density at radius 3 is 3.00 bits per heavy atom. The number of nitrogens with one attached hydrogen (secondary N) is 1. The van der Waals surface area contributed by atoms with Gasteiger partial charge in [-0.15, -0.1) is 0 Å². The van der Waals surface area contributed by atoms with E-state index in [9.17, 15) is 0 Å². The lowest BCUT2D eigenvalue weighted by atomic mass is 10.1. The van der Waals surface area contributed by atoms with Gasteiger partial charge in [-0.3, -0.25) is 0 Å². The second-order valence-corrected chi connectivity index (χ2v) is 3.44. The Bertz CT molecular complexity index is 307. The summed E-state index contributed by atoms with van der Waals surface area (Å²) in [5, 5.41) is 2.20. The van der Waals surface area contributed by atoms with E-state index in [1.54, 1.807) is 0 Å². The smallest absolute Gasteiger partial charge is 0.0552 e. The molecule has 0 saturated carbocycles. The first-order valence-corrected chi connectivity index (χ1v) is 4.92. The molecule has 0 saturated heterocycles. The fourth-order valence-electron chi connectivity index (χ4n) is 1.91. The Kier molecular flexibility index (Phi) is 2.23. The van der Waals surface area contributed by atoms with Crippen molar-refractivity contribution in [3.63, 3.8) is 0 Å². The maximum Gasteiger partial charge on any atom is 0.0552 e. The number of aryl methyl sites for hydroxylation is 1. The fourth-order valence-corrected chi connectivity index (χ4v) is 1.91. The van der Waals surface area contributed by atoms with Crippen LogP contribution in [-0.2, 0) is 12.8 Å². The molecule has 1 heterocycles. The first kappa shape index (κ1) is 8.57. The van der Waals surface area contributed by atoms with Gasteiger partial charge in [0, 0.05) is 13.6 Å². The predicted molar refractivity (Wildman–Crippen MR) is 55.9 cm³/mol. The van der Waals surface area contributed by atoms with Crippen LogP contribution in [0.15, 0.2) is 18.2 Å². The highest BCUT2D eigenvalue weighted by molar-refractivity contribution is 5.58. The molecule has 1 aliphatic heterocycles. The van der Waals surface area contributed by atoms with Gasteiger partial charge in [-0.25, -0.2) is 5.43 Å². The van der Waals surface area contributed by atoms with Gasteiger partial charge >= 0.3 is 0 Å². The highest BCUT2D eigenvalue weighted by atomic mass is 15.5. The molecule has 0 bridgehead atoms. The van der Waals surface area contributed by atoms with Gasteiger partial charge in [0.2, 0.25) is 0 Å². The third kappa shape index (κ3) is 1.42. The van der Waals surface area contributed by atoms with E-state index in [2.05, 4.69) is 35.6 Å². The molecule has 0 aliphatic carbocycles. The molecular formula is C11H16N2. The van der Waals surface area contributed by atoms with Crippen molar-refractivity contribution in [3.05, 3.63) is 29.3 Å². The molecule has 0 atom stereocenters. The average Bonchev–Trinajstić information content (AvgIpc) is 2.59. The molecule has 0 unspecified atom stereocenters. The number of hydrogen-bond acceptors (Lipinski definition) is 2. The summed E-state index contributed by atoms with van der Waals surface area (Å²) in [6, 6.07) is 6.76. The zero-order valence-electron chi connectivity index (χ0n) is 8.30. The maximum atomic E-state index is 3.19. The molecular weight excluding hydrogens is 160 g/mol. The van der Waals surface area contributed by atoms with Crippen LogP contribution in [-0.4, -0.2) is 13.6 Å². The summed E-state index contributed by atoms with van der Waals surface area (Å²) in [5.41, 5.74) is 7.46. The van der Waals surface area contributed by atoms with Gasteiger partial charge in [-0.2, -0.15) is 0 Å². The fraction of sp³-hybridized carbons (Fsp3) is 0.455. The molecule has 0 radical (unpaired) electrons. The minimum atomic E-state index is 1.10. The summed E-state index contributed by atoms with van der Waals surface area (Å²) < 4.78 is 0. The molecule has 0 spiro atoms. The van der Waals surface area contributed by atoms with Crippen molar-refractivity contribution < 1.29 is 0 Å². The Balaban J connectivity index is 2.34. The van der Waals surface area contributed by atoms with E-state index in [-0.39, 0.29) is 0 Å². The maximum absolute atomic E-state index is 3.19. The summed E-state index contributed by atoms with van der Waals surface area (Å²) in [4.78, 5) is 0. The van der Waals surface area contributed by atoms with Crippen LogP contribution < -0.4 is 10.4 Å². The normalized spacial score (nSPS) is 14.8. The molecule has 70 valence electrons. The van der Waals surface area contributed by atoms with Gasteiger partial charge in [-0.1, -0.05) is 19.1 Å². The van der Waals surface area contributed by atoms with Crippen LogP contribution in [0.3, 0.4) is 0 Å². The third-order valence-corrected chi connectivity index (χ3v) is 2.72. The largest absolute Gasteiger partial charge is 0.308 e. The van der Waals surface area contributed by atoms with Crippen LogP contribution in [0.4, 0.5) is 5.69 Å². The minimum absolute atomic E-state index is 1.10. The van der Waals surface area contributed by atoms with E-state index in [0.717, 1.165) is 13.0 Å². The van der Waals surface area contributed by atoms with E-state index in [1.807, 2.05) is 7.05 Å². The van der Waals surface area contributed by atoms with Crippen molar-refractivity contribution in [2.45, 2.75) is 19.8 Å². The third-order valence-electron chi connectivity index (χ3n) is 2.72. The van der Waals surface area contributed by atoms with Gasteiger partial charge in [0.25, 0.3) is 0 Å². The van der Waals surface area contributed by atoms with Gasteiger partial charge in [0.15, 0.2) is 0 Å². The van der Waals surface area contributed by atoms with Gasteiger partial charge in [-0.05, 0) is 30.0 Å². The lowest BCUT2D eigenvalue weighted by molar-refractivity contribution is 0.734. The first-order chi connectivity index (χ1) is 6.35. The van der Waals surface area contributed by atoms with Crippen molar-refractivity contribution in [2.75, 3.05) is 18.6 Å². The van der Waals surface area contributed by atoms with Crippen LogP contribution in [0.5, 0.6) is 0 Å². The number of anilines is 1. The number of hydrazine groups is 1. The number of hydrogen-bond donors (Lipinski definition) is 1.